The lowest BCUT2D eigenvalue weighted by Crippen LogP contribution is -2.45. The number of methoxy groups -OCH3 is 1. The topological polar surface area (TPSA) is 45.7 Å². The Balaban J connectivity index is 1.65. The molecular weight excluding hydrogens is 290 g/mol. The fraction of sp³-hybridized carbons (Fsp3) is 0.667. The van der Waals surface area contributed by atoms with E-state index in [1.54, 1.807) is 25.4 Å². The summed E-state index contributed by atoms with van der Waals surface area (Å²) in [6.45, 7) is 4.40. The van der Waals surface area contributed by atoms with Gasteiger partial charge in [0.15, 0.2) is 0 Å². The molecule has 1 aromatic rings. The molecule has 0 radical (unpaired) electrons. The molecule has 0 spiro atoms. The van der Waals surface area contributed by atoms with Crippen LogP contribution in [0.1, 0.15) is 49.0 Å². The van der Waals surface area contributed by atoms with Gasteiger partial charge in [-0.2, -0.15) is 0 Å². The lowest BCUT2D eigenvalue weighted by Gasteiger charge is -2.36. The summed E-state index contributed by atoms with van der Waals surface area (Å²) < 4.78 is 5.22. The molecule has 126 valence electrons. The number of ether oxygens (including phenoxy) is 1. The van der Waals surface area contributed by atoms with Crippen LogP contribution in [0, 0.1) is 0 Å². The van der Waals surface area contributed by atoms with Crippen LogP contribution in [-0.2, 0) is 0 Å². The molecule has 1 aromatic heterocycles. The van der Waals surface area contributed by atoms with E-state index in [4.69, 9.17) is 4.74 Å². The van der Waals surface area contributed by atoms with E-state index in [0.717, 1.165) is 32.4 Å². The molecular formula is C18H27N3O2. The van der Waals surface area contributed by atoms with Gasteiger partial charge in [-0.25, -0.2) is 0 Å². The van der Waals surface area contributed by atoms with Crippen LogP contribution in [0.15, 0.2) is 18.3 Å². The molecule has 5 nitrogen and oxygen atoms in total. The fourth-order valence-electron chi connectivity index (χ4n) is 3.71. The van der Waals surface area contributed by atoms with Crippen LogP contribution in [0.25, 0.3) is 0 Å². The Kier molecular flexibility index (Phi) is 5.49. The number of hydrogen-bond donors (Lipinski definition) is 0. The highest BCUT2D eigenvalue weighted by atomic mass is 16.5. The van der Waals surface area contributed by atoms with E-state index >= 15 is 0 Å². The number of amides is 1. The Morgan fingerprint density at radius 1 is 1.26 bits per heavy atom. The molecule has 0 N–H and O–H groups in total. The summed E-state index contributed by atoms with van der Waals surface area (Å²) in [4.78, 5) is 21.7. The first kappa shape index (κ1) is 16.2. The summed E-state index contributed by atoms with van der Waals surface area (Å²) >= 11 is 0. The van der Waals surface area contributed by atoms with Crippen LogP contribution < -0.4 is 4.74 Å². The van der Waals surface area contributed by atoms with Gasteiger partial charge in [0.2, 0.25) is 0 Å². The number of pyridine rings is 1. The Bertz CT molecular complexity index is 529. The third-order valence-corrected chi connectivity index (χ3v) is 5.05. The highest BCUT2D eigenvalue weighted by Gasteiger charge is 2.28. The van der Waals surface area contributed by atoms with E-state index in [9.17, 15) is 4.79 Å². The predicted molar refractivity (Wildman–Crippen MR) is 89.8 cm³/mol. The van der Waals surface area contributed by atoms with Crippen molar-refractivity contribution >= 4 is 5.91 Å². The number of nitrogens with zero attached hydrogens (tertiary/aromatic N) is 3. The third kappa shape index (κ3) is 4.02. The molecule has 0 saturated carbocycles. The minimum absolute atomic E-state index is 0.0509. The van der Waals surface area contributed by atoms with Crippen molar-refractivity contribution in [1.29, 1.82) is 0 Å². The van der Waals surface area contributed by atoms with Gasteiger partial charge in [0.1, 0.15) is 11.4 Å². The Labute approximate surface area is 138 Å². The van der Waals surface area contributed by atoms with Gasteiger partial charge in [0.05, 0.1) is 7.11 Å². The Morgan fingerprint density at radius 2 is 2.04 bits per heavy atom. The standard InChI is InChI=1S/C18H27N3O2/c1-23-16-7-9-19-17(14-16)18(22)21-12-3-2-6-15(21)8-13-20-10-4-5-11-20/h7,9,14-15H,2-6,8,10-13H2,1H3/t15-/m1/s1. The molecule has 0 aromatic carbocycles. The van der Waals surface area contributed by atoms with Crippen molar-refractivity contribution in [2.45, 2.75) is 44.6 Å². The number of hydrogen-bond acceptors (Lipinski definition) is 4. The maximum absolute atomic E-state index is 12.9. The normalized spacial score (nSPS) is 22.3. The Morgan fingerprint density at radius 3 is 2.83 bits per heavy atom. The van der Waals surface area contributed by atoms with E-state index in [0.29, 0.717) is 17.5 Å². The molecule has 2 aliphatic rings. The van der Waals surface area contributed by atoms with E-state index in [2.05, 4.69) is 9.88 Å². The number of likely N-dealkylation sites (tertiary alicyclic amines) is 2. The van der Waals surface area contributed by atoms with Crippen molar-refractivity contribution in [2.24, 2.45) is 0 Å². The summed E-state index contributed by atoms with van der Waals surface area (Å²) in [5.74, 6) is 0.740. The second kappa shape index (κ2) is 7.77. The highest BCUT2D eigenvalue weighted by molar-refractivity contribution is 5.92. The van der Waals surface area contributed by atoms with Crippen LogP contribution in [0.5, 0.6) is 5.75 Å². The molecule has 2 aliphatic heterocycles. The maximum atomic E-state index is 12.9. The SMILES string of the molecule is COc1ccnc(C(=O)N2CCCC[C@@H]2CCN2CCCC2)c1. The van der Waals surface area contributed by atoms with Gasteiger partial charge in [0.25, 0.3) is 5.91 Å². The van der Waals surface area contributed by atoms with E-state index in [1.165, 1.54) is 32.4 Å². The van der Waals surface area contributed by atoms with Crippen molar-refractivity contribution < 1.29 is 9.53 Å². The molecule has 0 unspecified atom stereocenters. The van der Waals surface area contributed by atoms with Gasteiger partial charge in [-0.15, -0.1) is 0 Å². The molecule has 23 heavy (non-hydrogen) atoms. The van der Waals surface area contributed by atoms with Gasteiger partial charge in [-0.05, 0) is 57.7 Å². The molecule has 5 heteroatoms. The zero-order chi connectivity index (χ0) is 16.1. The van der Waals surface area contributed by atoms with Crippen molar-refractivity contribution in [3.05, 3.63) is 24.0 Å². The summed E-state index contributed by atoms with van der Waals surface area (Å²) in [6.07, 6.45) is 8.80. The summed E-state index contributed by atoms with van der Waals surface area (Å²) in [7, 11) is 1.61. The van der Waals surface area contributed by atoms with Crippen LogP contribution in [0.4, 0.5) is 0 Å². The van der Waals surface area contributed by atoms with Gasteiger partial charge in [-0.3, -0.25) is 9.78 Å². The molecule has 3 heterocycles. The monoisotopic (exact) mass is 317 g/mol. The maximum Gasteiger partial charge on any atom is 0.272 e. The fourth-order valence-corrected chi connectivity index (χ4v) is 3.71. The number of carbonyl (C=O) groups is 1. The first-order valence-electron chi connectivity index (χ1n) is 8.81. The van der Waals surface area contributed by atoms with E-state index in [1.807, 2.05) is 4.90 Å². The van der Waals surface area contributed by atoms with Gasteiger partial charge in [-0.1, -0.05) is 0 Å². The lowest BCUT2D eigenvalue weighted by molar-refractivity contribution is 0.0581. The molecule has 0 aliphatic carbocycles. The lowest BCUT2D eigenvalue weighted by atomic mass is 9.98. The van der Waals surface area contributed by atoms with Gasteiger partial charge < -0.3 is 14.5 Å². The van der Waals surface area contributed by atoms with Crippen molar-refractivity contribution in [3.8, 4) is 5.75 Å². The zero-order valence-corrected chi connectivity index (χ0v) is 14.0. The minimum atomic E-state index is 0.0509. The molecule has 2 saturated heterocycles. The molecule has 1 amide bonds. The summed E-state index contributed by atoms with van der Waals surface area (Å²) in [5, 5.41) is 0. The van der Waals surface area contributed by atoms with Crippen molar-refractivity contribution in [1.82, 2.24) is 14.8 Å². The third-order valence-electron chi connectivity index (χ3n) is 5.05. The van der Waals surface area contributed by atoms with Gasteiger partial charge >= 0.3 is 0 Å². The van der Waals surface area contributed by atoms with E-state index < -0.39 is 0 Å². The summed E-state index contributed by atoms with van der Waals surface area (Å²) in [6, 6.07) is 3.87. The minimum Gasteiger partial charge on any atom is -0.497 e. The average Bonchev–Trinajstić information content (AvgIpc) is 3.13. The highest BCUT2D eigenvalue weighted by Crippen LogP contribution is 2.23. The van der Waals surface area contributed by atoms with Gasteiger partial charge in [0, 0.05) is 31.4 Å². The zero-order valence-electron chi connectivity index (χ0n) is 14.0. The number of carbonyl (C=O) groups excluding carboxylic acids is 1. The molecule has 2 fully saturated rings. The second-order valence-electron chi connectivity index (χ2n) is 6.57. The first-order valence-corrected chi connectivity index (χ1v) is 8.81. The average molecular weight is 317 g/mol. The quantitative estimate of drug-likeness (QED) is 0.837. The number of aromatic nitrogens is 1. The van der Waals surface area contributed by atoms with Crippen molar-refractivity contribution in [3.63, 3.8) is 0 Å². The molecule has 0 bridgehead atoms. The van der Waals surface area contributed by atoms with E-state index in [-0.39, 0.29) is 5.91 Å². The first-order chi connectivity index (χ1) is 11.3. The predicted octanol–water partition coefficient (Wildman–Crippen LogP) is 2.57. The smallest absolute Gasteiger partial charge is 0.272 e. The largest absolute Gasteiger partial charge is 0.497 e. The molecule has 1 atom stereocenters. The second-order valence-corrected chi connectivity index (χ2v) is 6.57. The Hall–Kier alpha value is -1.62. The summed E-state index contributed by atoms with van der Waals surface area (Å²) in [5.41, 5.74) is 0.498. The van der Waals surface area contributed by atoms with Crippen molar-refractivity contribution in [2.75, 3.05) is 33.3 Å². The van der Waals surface area contributed by atoms with Crippen LogP contribution >= 0.6 is 0 Å². The van der Waals surface area contributed by atoms with Crippen LogP contribution in [-0.4, -0.2) is 60.0 Å². The van der Waals surface area contributed by atoms with Crippen LogP contribution in [0.2, 0.25) is 0 Å². The molecule has 3 rings (SSSR count). The number of rotatable bonds is 5. The number of piperidine rings is 1. The van der Waals surface area contributed by atoms with Crippen LogP contribution in [0.3, 0.4) is 0 Å².